The van der Waals surface area contributed by atoms with Gasteiger partial charge >= 0.3 is 0 Å². The molecule has 10 heteroatoms. The summed E-state index contributed by atoms with van der Waals surface area (Å²) < 4.78 is 10.3. The second kappa shape index (κ2) is 11.4. The van der Waals surface area contributed by atoms with Crippen molar-refractivity contribution in [3.63, 3.8) is 0 Å². The van der Waals surface area contributed by atoms with Crippen LogP contribution in [0.3, 0.4) is 0 Å². The largest absolute Gasteiger partial charge is 0.380 e. The molecule has 7 rings (SSSR count). The molecule has 2 aromatic heterocycles. The second-order valence-corrected chi connectivity index (χ2v) is 10.1. The normalized spacial score (nSPS) is 21.9. The number of fused-ring (bicyclic) bond motifs is 5. The highest BCUT2D eigenvalue weighted by atomic mass is 35.5. The summed E-state index contributed by atoms with van der Waals surface area (Å²) in [5, 5.41) is 11.1. The average Bonchev–Trinajstić information content (AvgIpc) is 3.34. The summed E-state index contributed by atoms with van der Waals surface area (Å²) in [5.41, 5.74) is 8.26. The Hall–Kier alpha value is -1.93. The number of nitrogens with zero attached hydrogens (tertiary/aromatic N) is 3. The van der Waals surface area contributed by atoms with Crippen LogP contribution in [0.1, 0.15) is 39.8 Å². The molecule has 0 radical (unpaired) electrons. The summed E-state index contributed by atoms with van der Waals surface area (Å²) >= 11 is 11.7. The van der Waals surface area contributed by atoms with Crippen molar-refractivity contribution in [3.8, 4) is 0 Å². The number of rotatable bonds is 2. The molecule has 1 unspecified atom stereocenters. The standard InChI is InChI=1S/C17H21ClN2O.C7H5ClN2O.CH4.BH4.ClH/c1-17(2)14(11-5-7-20(17)8-6-11)10-15-13-4-3-12(18)9-16(13)21-19-15;8-4-1-2-5-6(3-4)11-10-7(5)9;;;/h3-4,9,11,14H,5-8,10H2,1-2H3;1-3H,(H2,9,10);2*1H4;1H/q;;;-1;. The van der Waals surface area contributed by atoms with E-state index in [9.17, 15) is 0 Å². The van der Waals surface area contributed by atoms with E-state index in [2.05, 4.69) is 29.1 Å². The highest BCUT2D eigenvalue weighted by Gasteiger charge is 2.47. The zero-order valence-corrected chi connectivity index (χ0v) is 20.9. The highest BCUT2D eigenvalue weighted by molar-refractivity contribution is 6.31. The van der Waals surface area contributed by atoms with Crippen LogP contribution >= 0.6 is 35.6 Å². The number of nitrogen functional groups attached to an aromatic ring is 1. The molecule has 5 heterocycles. The fraction of sp³-hybridized carbons (Fsp3) is 0.440. The molecule has 35 heavy (non-hydrogen) atoms. The summed E-state index contributed by atoms with van der Waals surface area (Å²) in [6.45, 7) is 7.29. The molecule has 0 spiro atoms. The molecule has 2 N–H and O–H groups in total. The maximum Gasteiger partial charge on any atom is 0.174 e. The van der Waals surface area contributed by atoms with Crippen molar-refractivity contribution in [2.24, 2.45) is 11.8 Å². The van der Waals surface area contributed by atoms with Crippen LogP contribution in [0.4, 0.5) is 5.82 Å². The Kier molecular flexibility index (Phi) is 9.56. The van der Waals surface area contributed by atoms with Gasteiger partial charge in [0.1, 0.15) is 0 Å². The molecule has 3 saturated heterocycles. The van der Waals surface area contributed by atoms with Crippen molar-refractivity contribution in [3.05, 3.63) is 52.1 Å². The molecule has 192 valence electrons. The Bertz CT molecular complexity index is 1270. The molecular weight excluding hydrogens is 505 g/mol. The third-order valence-electron chi connectivity index (χ3n) is 7.22. The van der Waals surface area contributed by atoms with Gasteiger partial charge < -0.3 is 14.8 Å². The molecule has 1 atom stereocenters. The van der Waals surface area contributed by atoms with Crippen LogP contribution in [0, 0.1) is 11.8 Å². The number of hydrogen-bond acceptors (Lipinski definition) is 6. The fourth-order valence-electron chi connectivity index (χ4n) is 5.36. The Morgan fingerprint density at radius 3 is 2.11 bits per heavy atom. The second-order valence-electron chi connectivity index (χ2n) is 9.27. The first kappa shape index (κ1) is 29.3. The van der Waals surface area contributed by atoms with Crippen LogP contribution in [0.5, 0.6) is 0 Å². The number of hydrogen-bond donors (Lipinski definition) is 1. The molecule has 0 amide bonds. The van der Waals surface area contributed by atoms with Gasteiger partial charge in [-0.15, -0.1) is 12.4 Å². The lowest BCUT2D eigenvalue weighted by Crippen LogP contribution is -2.61. The molecule has 0 saturated carbocycles. The Balaban J connectivity index is 0.000000266. The van der Waals surface area contributed by atoms with E-state index in [0.717, 1.165) is 34.4 Å². The van der Waals surface area contributed by atoms with Gasteiger partial charge in [0.15, 0.2) is 17.0 Å². The zero-order valence-electron chi connectivity index (χ0n) is 18.6. The van der Waals surface area contributed by atoms with Gasteiger partial charge in [-0.05, 0) is 82.3 Å². The lowest BCUT2D eigenvalue weighted by atomic mass is 9.65. The Morgan fingerprint density at radius 2 is 1.51 bits per heavy atom. The van der Waals surface area contributed by atoms with Crippen LogP contribution in [-0.4, -0.2) is 42.3 Å². The molecule has 3 aliphatic heterocycles. The molecule has 4 aromatic rings. The first-order valence-electron chi connectivity index (χ1n) is 10.9. The quantitative estimate of drug-likeness (QED) is 0.323. The first-order valence-corrected chi connectivity index (χ1v) is 11.7. The van der Waals surface area contributed by atoms with Crippen molar-refractivity contribution in [1.29, 1.82) is 0 Å². The van der Waals surface area contributed by atoms with Crippen LogP contribution in [0.2, 0.25) is 10.0 Å². The first-order chi connectivity index (χ1) is 15.3. The number of aromatic nitrogens is 2. The van der Waals surface area contributed by atoms with Gasteiger partial charge in [-0.2, -0.15) is 0 Å². The maximum atomic E-state index is 6.02. The molecule has 2 aromatic carbocycles. The van der Waals surface area contributed by atoms with Crippen molar-refractivity contribution in [1.82, 2.24) is 15.2 Å². The van der Waals surface area contributed by atoms with Crippen molar-refractivity contribution >= 4 is 71.8 Å². The van der Waals surface area contributed by atoms with Crippen molar-refractivity contribution in [2.45, 2.75) is 46.1 Å². The SMILES string of the molecule is C.CC1(C)C(Cc2noc3cc(Cl)ccc23)C2CCN1CC2.Cl.Nc1noc2cc(Cl)ccc12.[BH4-]. The van der Waals surface area contributed by atoms with Gasteiger partial charge in [0.2, 0.25) is 0 Å². The molecule has 0 aliphatic carbocycles. The predicted octanol–water partition coefficient (Wildman–Crippen LogP) is 5.81. The number of anilines is 1. The van der Waals surface area contributed by atoms with Crippen LogP contribution in [-0.2, 0) is 6.42 Å². The molecular formula is C25H35BCl3N4O2-. The summed E-state index contributed by atoms with van der Waals surface area (Å²) in [5.74, 6) is 1.88. The summed E-state index contributed by atoms with van der Waals surface area (Å²) in [6, 6.07) is 11.0. The van der Waals surface area contributed by atoms with E-state index in [1.165, 1.54) is 25.9 Å². The maximum absolute atomic E-state index is 6.02. The monoisotopic (exact) mass is 539 g/mol. The Morgan fingerprint density at radius 1 is 0.971 bits per heavy atom. The molecule has 2 bridgehead atoms. The minimum atomic E-state index is 0. The minimum Gasteiger partial charge on any atom is -0.380 e. The summed E-state index contributed by atoms with van der Waals surface area (Å²) in [7, 11) is 0. The number of benzene rings is 2. The van der Waals surface area contributed by atoms with E-state index in [-0.39, 0.29) is 33.8 Å². The summed E-state index contributed by atoms with van der Waals surface area (Å²) in [4.78, 5) is 2.65. The summed E-state index contributed by atoms with van der Waals surface area (Å²) in [6.07, 6.45) is 3.66. The molecule has 6 nitrogen and oxygen atoms in total. The number of piperidine rings is 3. The lowest BCUT2D eigenvalue weighted by Gasteiger charge is -2.56. The fourth-order valence-corrected chi connectivity index (χ4v) is 5.68. The predicted molar refractivity (Wildman–Crippen MR) is 153 cm³/mol. The smallest absolute Gasteiger partial charge is 0.174 e. The number of halogens is 3. The van der Waals surface area contributed by atoms with Gasteiger partial charge in [0.05, 0.1) is 11.1 Å². The zero-order chi connectivity index (χ0) is 22.5. The van der Waals surface area contributed by atoms with Gasteiger partial charge in [-0.1, -0.05) is 49.4 Å². The average molecular weight is 541 g/mol. The lowest BCUT2D eigenvalue weighted by molar-refractivity contribution is -0.0647. The van der Waals surface area contributed by atoms with Crippen LogP contribution < -0.4 is 5.73 Å². The number of nitrogens with two attached hydrogens (primary N) is 1. The topological polar surface area (TPSA) is 81.3 Å². The van der Waals surface area contributed by atoms with Gasteiger partial charge in [0, 0.05) is 33.1 Å². The van der Waals surface area contributed by atoms with E-state index in [1.54, 1.807) is 18.2 Å². The van der Waals surface area contributed by atoms with E-state index in [4.69, 9.17) is 38.0 Å². The van der Waals surface area contributed by atoms with Crippen LogP contribution in [0.25, 0.3) is 21.9 Å². The minimum absolute atomic E-state index is 0. The Labute approximate surface area is 224 Å². The van der Waals surface area contributed by atoms with Gasteiger partial charge in [-0.25, -0.2) is 0 Å². The van der Waals surface area contributed by atoms with Gasteiger partial charge in [-0.3, -0.25) is 4.90 Å². The van der Waals surface area contributed by atoms with E-state index in [0.29, 0.717) is 27.4 Å². The van der Waals surface area contributed by atoms with Crippen molar-refractivity contribution < 1.29 is 9.05 Å². The molecule has 3 fully saturated rings. The van der Waals surface area contributed by atoms with Crippen LogP contribution in [0.15, 0.2) is 45.4 Å². The van der Waals surface area contributed by atoms with E-state index < -0.39 is 0 Å². The van der Waals surface area contributed by atoms with E-state index in [1.807, 2.05) is 18.2 Å². The highest BCUT2D eigenvalue weighted by Crippen LogP contribution is 2.45. The van der Waals surface area contributed by atoms with Crippen molar-refractivity contribution in [2.75, 3.05) is 18.8 Å². The van der Waals surface area contributed by atoms with E-state index >= 15 is 0 Å². The molecule has 3 aliphatic rings. The van der Waals surface area contributed by atoms with Gasteiger partial charge in [0.25, 0.3) is 0 Å². The third-order valence-corrected chi connectivity index (χ3v) is 7.69. The third kappa shape index (κ3) is 5.58.